The van der Waals surface area contributed by atoms with Crippen LogP contribution in [0.2, 0.25) is 0 Å². The quantitative estimate of drug-likeness (QED) is 0.527. The first-order valence-corrected chi connectivity index (χ1v) is 5.50. The maximum absolute atomic E-state index is 9.03. The van der Waals surface area contributed by atoms with E-state index in [-0.39, 0.29) is 17.1 Å². The van der Waals surface area contributed by atoms with Gasteiger partial charge in [-0.2, -0.15) is 12.1 Å². The standard InChI is InChI=1S/C9H13O2.C5H5.Fe/c1-2-9(10)11-7-8-5-3-4-6-8;1-2-4-5-3-1;/h3-6,9-10H,2,7H2,1H3;1-5H;/q-1;-5;. The van der Waals surface area contributed by atoms with Crippen molar-refractivity contribution in [3.05, 3.63) is 60.2 Å². The van der Waals surface area contributed by atoms with Gasteiger partial charge in [0.05, 0.1) is 0 Å². The second kappa shape index (κ2) is 10.3. The molecule has 0 bridgehead atoms. The van der Waals surface area contributed by atoms with Crippen LogP contribution >= 0.6 is 0 Å². The predicted molar refractivity (Wildman–Crippen MR) is 65.2 cm³/mol. The molecule has 100 valence electrons. The van der Waals surface area contributed by atoms with E-state index in [0.717, 1.165) is 5.56 Å². The molecule has 2 rings (SSSR count). The smallest absolute Gasteiger partial charge is 0.153 e. The van der Waals surface area contributed by atoms with E-state index in [0.29, 0.717) is 13.0 Å². The van der Waals surface area contributed by atoms with Crippen molar-refractivity contribution in [3.8, 4) is 0 Å². The van der Waals surface area contributed by atoms with E-state index in [4.69, 9.17) is 9.84 Å². The van der Waals surface area contributed by atoms with E-state index in [2.05, 4.69) is 0 Å². The van der Waals surface area contributed by atoms with Crippen LogP contribution in [0.25, 0.3) is 0 Å². The summed E-state index contributed by atoms with van der Waals surface area (Å²) in [6.07, 6.45) is 0.0191. The molecular weight excluding hydrogens is 256 g/mol. The fraction of sp³-hybridized carbons (Fsp3) is 0.286. The predicted octanol–water partition coefficient (Wildman–Crippen LogP) is 3.05. The van der Waals surface area contributed by atoms with Crippen LogP contribution < -0.4 is 0 Å². The first-order chi connectivity index (χ1) is 7.83. The van der Waals surface area contributed by atoms with Crippen molar-refractivity contribution in [2.75, 3.05) is 0 Å². The van der Waals surface area contributed by atoms with E-state index in [9.17, 15) is 0 Å². The molecule has 17 heavy (non-hydrogen) atoms. The molecule has 0 heterocycles. The summed E-state index contributed by atoms with van der Waals surface area (Å²) in [5.41, 5.74) is 1.11. The van der Waals surface area contributed by atoms with Crippen molar-refractivity contribution in [1.82, 2.24) is 0 Å². The molecule has 0 aromatic heterocycles. The molecule has 1 atom stereocenters. The number of rotatable bonds is 4. The summed E-state index contributed by atoms with van der Waals surface area (Å²) in [4.78, 5) is 0. The monoisotopic (exact) mass is 274 g/mol. The maximum Gasteiger partial charge on any atom is 0.153 e. The average Bonchev–Trinajstić information content (AvgIpc) is 3.00. The number of hydrogen-bond acceptors (Lipinski definition) is 2. The molecule has 2 aromatic rings. The Hall–Kier alpha value is -0.861. The zero-order valence-corrected chi connectivity index (χ0v) is 11.0. The van der Waals surface area contributed by atoms with E-state index >= 15 is 0 Å². The Balaban J connectivity index is 0.000000360. The van der Waals surface area contributed by atoms with Crippen LogP contribution in [0.4, 0.5) is 0 Å². The van der Waals surface area contributed by atoms with Gasteiger partial charge in [-0.1, -0.05) is 6.92 Å². The number of aliphatic hydroxyl groups excluding tert-OH is 1. The summed E-state index contributed by atoms with van der Waals surface area (Å²) in [7, 11) is 0. The molecule has 1 N–H and O–H groups in total. The summed E-state index contributed by atoms with van der Waals surface area (Å²) in [5.74, 6) is 0. The van der Waals surface area contributed by atoms with Crippen LogP contribution in [0.1, 0.15) is 18.9 Å². The van der Waals surface area contributed by atoms with Gasteiger partial charge in [0.1, 0.15) is 0 Å². The molecule has 0 spiro atoms. The van der Waals surface area contributed by atoms with Gasteiger partial charge in [0.25, 0.3) is 0 Å². The number of ether oxygens (including phenoxy) is 1. The molecule has 1 unspecified atom stereocenters. The molecular formula is C14H18FeO2-6. The van der Waals surface area contributed by atoms with Gasteiger partial charge in [-0.3, -0.25) is 0 Å². The largest absolute Gasteiger partial charge is 0.748 e. The van der Waals surface area contributed by atoms with Gasteiger partial charge in [-0.25, -0.2) is 12.1 Å². The summed E-state index contributed by atoms with van der Waals surface area (Å²) < 4.78 is 5.09. The Morgan fingerprint density at radius 3 is 2.00 bits per heavy atom. The molecule has 0 aliphatic rings. The maximum atomic E-state index is 9.03. The summed E-state index contributed by atoms with van der Waals surface area (Å²) in [5, 5.41) is 9.03. The van der Waals surface area contributed by atoms with E-state index in [1.807, 2.05) is 61.5 Å². The second-order valence-electron chi connectivity index (χ2n) is 3.43. The third-order valence-corrected chi connectivity index (χ3v) is 2.08. The van der Waals surface area contributed by atoms with Gasteiger partial charge < -0.3 is 40.2 Å². The third-order valence-electron chi connectivity index (χ3n) is 2.08. The van der Waals surface area contributed by atoms with Gasteiger partial charge in [0.15, 0.2) is 6.29 Å². The molecule has 0 saturated heterocycles. The van der Waals surface area contributed by atoms with Gasteiger partial charge in [0.2, 0.25) is 0 Å². The van der Waals surface area contributed by atoms with Crippen molar-refractivity contribution >= 4 is 0 Å². The molecule has 2 nitrogen and oxygen atoms in total. The Kier molecular flexibility index (Phi) is 9.78. The molecule has 0 radical (unpaired) electrons. The summed E-state index contributed by atoms with van der Waals surface area (Å²) >= 11 is 0. The van der Waals surface area contributed by atoms with Crippen LogP contribution in [0.5, 0.6) is 0 Å². The first-order valence-electron chi connectivity index (χ1n) is 5.50. The van der Waals surface area contributed by atoms with Crippen LogP contribution in [0.15, 0.2) is 54.6 Å². The van der Waals surface area contributed by atoms with Crippen molar-refractivity contribution < 1.29 is 26.9 Å². The zero-order chi connectivity index (χ0) is 11.6. The fourth-order valence-corrected chi connectivity index (χ4v) is 1.14. The fourth-order valence-electron chi connectivity index (χ4n) is 1.14. The Morgan fingerprint density at radius 1 is 1.12 bits per heavy atom. The number of hydrogen-bond donors (Lipinski definition) is 1. The third kappa shape index (κ3) is 7.94. The Bertz CT molecular complexity index is 310. The normalized spacial score (nSPS) is 10.9. The molecule has 0 aliphatic carbocycles. The van der Waals surface area contributed by atoms with Gasteiger partial charge in [-0.05, 0) is 6.42 Å². The SMILES string of the molecule is CCC(O)OC[c-]1cccc1.[Fe].[cH-]1[cH-][cH-][cH-][cH-]1. The van der Waals surface area contributed by atoms with E-state index in [1.54, 1.807) is 0 Å². The van der Waals surface area contributed by atoms with Crippen LogP contribution in [-0.2, 0) is 28.4 Å². The first kappa shape index (κ1) is 16.1. The Labute approximate surface area is 113 Å². The van der Waals surface area contributed by atoms with Crippen LogP contribution in [0.3, 0.4) is 0 Å². The molecule has 2 aromatic carbocycles. The molecule has 0 aliphatic heterocycles. The van der Waals surface area contributed by atoms with Crippen LogP contribution in [0, 0.1) is 0 Å². The Morgan fingerprint density at radius 2 is 1.59 bits per heavy atom. The molecule has 0 saturated carbocycles. The van der Waals surface area contributed by atoms with Crippen molar-refractivity contribution in [2.24, 2.45) is 0 Å². The summed E-state index contributed by atoms with van der Waals surface area (Å²) in [6.45, 7) is 2.39. The molecule has 0 amide bonds. The van der Waals surface area contributed by atoms with Gasteiger partial charge >= 0.3 is 0 Å². The minimum Gasteiger partial charge on any atom is -0.748 e. The van der Waals surface area contributed by atoms with Crippen molar-refractivity contribution in [2.45, 2.75) is 26.2 Å². The summed E-state index contributed by atoms with van der Waals surface area (Å²) in [6, 6.07) is 17.9. The van der Waals surface area contributed by atoms with Crippen molar-refractivity contribution in [1.29, 1.82) is 0 Å². The second-order valence-corrected chi connectivity index (χ2v) is 3.43. The van der Waals surface area contributed by atoms with E-state index in [1.165, 1.54) is 0 Å². The topological polar surface area (TPSA) is 29.5 Å². The minimum absolute atomic E-state index is 0. The molecule has 3 heteroatoms. The van der Waals surface area contributed by atoms with E-state index < -0.39 is 6.29 Å². The van der Waals surface area contributed by atoms with Crippen LogP contribution in [-0.4, -0.2) is 11.4 Å². The average molecular weight is 274 g/mol. The van der Waals surface area contributed by atoms with Gasteiger partial charge in [-0.15, -0.1) is 5.56 Å². The van der Waals surface area contributed by atoms with Gasteiger partial charge in [0, 0.05) is 23.7 Å². The zero-order valence-electron chi connectivity index (χ0n) is 9.90. The van der Waals surface area contributed by atoms with Crippen molar-refractivity contribution in [3.63, 3.8) is 0 Å². The number of aliphatic hydroxyl groups is 1. The molecule has 0 fully saturated rings. The minimum atomic E-state index is -0.620.